The van der Waals surface area contributed by atoms with E-state index in [-0.39, 0.29) is 5.91 Å². The van der Waals surface area contributed by atoms with Gasteiger partial charge in [-0.05, 0) is 24.3 Å². The van der Waals surface area contributed by atoms with E-state index < -0.39 is 6.10 Å². The van der Waals surface area contributed by atoms with Crippen LogP contribution < -0.4 is 10.2 Å². The molecule has 1 aliphatic heterocycles. The van der Waals surface area contributed by atoms with Gasteiger partial charge in [-0.3, -0.25) is 9.78 Å². The first-order valence-electron chi connectivity index (χ1n) is 6.95. The highest BCUT2D eigenvalue weighted by molar-refractivity contribution is 5.94. The van der Waals surface area contributed by atoms with Crippen LogP contribution in [0.3, 0.4) is 0 Å². The summed E-state index contributed by atoms with van der Waals surface area (Å²) in [5.74, 6) is -0.136. The number of nitrogens with zero attached hydrogens (tertiary/aromatic N) is 2. The summed E-state index contributed by atoms with van der Waals surface area (Å²) in [7, 11) is 0. The molecule has 1 amide bonds. The minimum absolute atomic E-state index is 0.136. The van der Waals surface area contributed by atoms with Crippen molar-refractivity contribution in [1.82, 2.24) is 4.98 Å². The summed E-state index contributed by atoms with van der Waals surface area (Å²) in [5.41, 5.74) is 1.79. The van der Waals surface area contributed by atoms with Crippen molar-refractivity contribution in [2.45, 2.75) is 6.10 Å². The molecule has 0 radical (unpaired) electrons. The summed E-state index contributed by atoms with van der Waals surface area (Å²) >= 11 is 0. The van der Waals surface area contributed by atoms with Gasteiger partial charge in [-0.1, -0.05) is 18.2 Å². The summed E-state index contributed by atoms with van der Waals surface area (Å²) < 4.78 is 5.59. The lowest BCUT2D eigenvalue weighted by Gasteiger charge is -2.33. The van der Waals surface area contributed by atoms with E-state index in [1.54, 1.807) is 18.5 Å². The largest absolute Gasteiger partial charge is 0.366 e. The first-order chi connectivity index (χ1) is 10.3. The SMILES string of the molecule is O=C(Nc1cccnc1)C1CN(c2ccccc2)CCO1. The number of para-hydroxylation sites is 1. The van der Waals surface area contributed by atoms with Crippen molar-refractivity contribution in [3.8, 4) is 0 Å². The zero-order valence-electron chi connectivity index (χ0n) is 11.6. The average Bonchev–Trinajstić information content (AvgIpc) is 2.57. The van der Waals surface area contributed by atoms with Gasteiger partial charge in [0.25, 0.3) is 5.91 Å². The van der Waals surface area contributed by atoms with E-state index in [0.717, 1.165) is 12.2 Å². The number of ether oxygens (including phenoxy) is 1. The zero-order chi connectivity index (χ0) is 14.5. The second-order valence-electron chi connectivity index (χ2n) is 4.87. The van der Waals surface area contributed by atoms with Crippen LogP contribution in [0.4, 0.5) is 11.4 Å². The molecular weight excluding hydrogens is 266 g/mol. The third kappa shape index (κ3) is 3.38. The normalized spacial score (nSPS) is 18.3. The Bertz CT molecular complexity index is 589. The molecule has 1 unspecified atom stereocenters. The number of amides is 1. The van der Waals surface area contributed by atoms with Crippen molar-refractivity contribution < 1.29 is 9.53 Å². The molecule has 0 aliphatic carbocycles. The molecule has 1 aliphatic rings. The molecule has 21 heavy (non-hydrogen) atoms. The Morgan fingerprint density at radius 2 is 2.10 bits per heavy atom. The summed E-state index contributed by atoms with van der Waals surface area (Å²) in [6, 6.07) is 13.7. The van der Waals surface area contributed by atoms with Crippen LogP contribution in [0.5, 0.6) is 0 Å². The number of hydrogen-bond donors (Lipinski definition) is 1. The van der Waals surface area contributed by atoms with Gasteiger partial charge < -0.3 is 15.0 Å². The maximum atomic E-state index is 12.3. The molecule has 1 saturated heterocycles. The molecule has 1 aromatic carbocycles. The third-order valence-corrected chi connectivity index (χ3v) is 3.41. The summed E-state index contributed by atoms with van der Waals surface area (Å²) in [4.78, 5) is 18.4. The standard InChI is InChI=1S/C16H17N3O2/c20-16(18-13-5-4-8-17-11-13)15-12-19(9-10-21-15)14-6-2-1-3-7-14/h1-8,11,15H,9-10,12H2,(H,18,20). The summed E-state index contributed by atoms with van der Waals surface area (Å²) in [5, 5.41) is 2.83. The Balaban J connectivity index is 1.64. The summed E-state index contributed by atoms with van der Waals surface area (Å²) in [6.07, 6.45) is 2.82. The smallest absolute Gasteiger partial charge is 0.255 e. The van der Waals surface area contributed by atoms with Gasteiger partial charge in [0.15, 0.2) is 6.10 Å². The van der Waals surface area contributed by atoms with Crippen LogP contribution in [0.25, 0.3) is 0 Å². The minimum Gasteiger partial charge on any atom is -0.366 e. The van der Waals surface area contributed by atoms with Crippen molar-refractivity contribution in [3.63, 3.8) is 0 Å². The van der Waals surface area contributed by atoms with Gasteiger partial charge in [-0.15, -0.1) is 0 Å². The Labute approximate surface area is 123 Å². The minimum atomic E-state index is -0.473. The van der Waals surface area contributed by atoms with Gasteiger partial charge in [-0.25, -0.2) is 0 Å². The number of carbonyl (C=O) groups is 1. The van der Waals surface area contributed by atoms with Crippen LogP contribution in [0.2, 0.25) is 0 Å². The van der Waals surface area contributed by atoms with Gasteiger partial charge in [-0.2, -0.15) is 0 Å². The quantitative estimate of drug-likeness (QED) is 0.935. The van der Waals surface area contributed by atoms with Gasteiger partial charge in [0.1, 0.15) is 0 Å². The number of nitrogens with one attached hydrogen (secondary N) is 1. The average molecular weight is 283 g/mol. The molecule has 5 heteroatoms. The first kappa shape index (κ1) is 13.6. The number of morpholine rings is 1. The maximum Gasteiger partial charge on any atom is 0.255 e. The molecule has 1 fully saturated rings. The van der Waals surface area contributed by atoms with Crippen LogP contribution in [-0.2, 0) is 9.53 Å². The maximum absolute atomic E-state index is 12.3. The molecular formula is C16H17N3O2. The molecule has 0 saturated carbocycles. The number of carbonyl (C=O) groups excluding carboxylic acids is 1. The van der Waals surface area contributed by atoms with Crippen LogP contribution >= 0.6 is 0 Å². The molecule has 1 atom stereocenters. The van der Waals surface area contributed by atoms with E-state index in [9.17, 15) is 4.79 Å². The Morgan fingerprint density at radius 1 is 1.24 bits per heavy atom. The van der Waals surface area contributed by atoms with Gasteiger partial charge >= 0.3 is 0 Å². The Kier molecular flexibility index (Phi) is 4.12. The molecule has 2 heterocycles. The highest BCUT2D eigenvalue weighted by Crippen LogP contribution is 2.17. The predicted molar refractivity (Wildman–Crippen MR) is 81.3 cm³/mol. The lowest BCUT2D eigenvalue weighted by molar-refractivity contribution is -0.128. The second-order valence-corrected chi connectivity index (χ2v) is 4.87. The number of benzene rings is 1. The monoisotopic (exact) mass is 283 g/mol. The Morgan fingerprint density at radius 3 is 2.86 bits per heavy atom. The van der Waals surface area contributed by atoms with Crippen LogP contribution in [0.15, 0.2) is 54.9 Å². The topological polar surface area (TPSA) is 54.5 Å². The summed E-state index contributed by atoms with van der Waals surface area (Å²) in [6.45, 7) is 1.89. The fourth-order valence-corrected chi connectivity index (χ4v) is 2.34. The fourth-order valence-electron chi connectivity index (χ4n) is 2.34. The van der Waals surface area contributed by atoms with E-state index in [2.05, 4.69) is 15.2 Å². The van der Waals surface area contributed by atoms with Crippen molar-refractivity contribution in [3.05, 3.63) is 54.9 Å². The van der Waals surface area contributed by atoms with E-state index in [1.807, 2.05) is 36.4 Å². The van der Waals surface area contributed by atoms with Crippen molar-refractivity contribution in [1.29, 1.82) is 0 Å². The predicted octanol–water partition coefficient (Wildman–Crippen LogP) is 1.93. The lowest BCUT2D eigenvalue weighted by Crippen LogP contribution is -2.48. The van der Waals surface area contributed by atoms with E-state index >= 15 is 0 Å². The molecule has 0 spiro atoms. The van der Waals surface area contributed by atoms with E-state index in [0.29, 0.717) is 18.8 Å². The van der Waals surface area contributed by atoms with Gasteiger partial charge in [0, 0.05) is 18.4 Å². The second kappa shape index (κ2) is 6.37. The first-order valence-corrected chi connectivity index (χ1v) is 6.95. The number of rotatable bonds is 3. The molecule has 1 N–H and O–H groups in total. The van der Waals surface area contributed by atoms with Crippen molar-refractivity contribution >= 4 is 17.3 Å². The molecule has 2 aromatic rings. The van der Waals surface area contributed by atoms with Crippen molar-refractivity contribution in [2.75, 3.05) is 29.9 Å². The number of aromatic nitrogens is 1. The molecule has 3 rings (SSSR count). The third-order valence-electron chi connectivity index (χ3n) is 3.41. The highest BCUT2D eigenvalue weighted by atomic mass is 16.5. The van der Waals surface area contributed by atoms with E-state index in [1.165, 1.54) is 0 Å². The number of anilines is 2. The van der Waals surface area contributed by atoms with Gasteiger partial charge in [0.05, 0.1) is 25.0 Å². The van der Waals surface area contributed by atoms with Crippen LogP contribution in [0.1, 0.15) is 0 Å². The highest BCUT2D eigenvalue weighted by Gasteiger charge is 2.26. The van der Waals surface area contributed by atoms with Crippen LogP contribution in [-0.4, -0.2) is 36.7 Å². The van der Waals surface area contributed by atoms with E-state index in [4.69, 9.17) is 4.74 Å². The molecule has 5 nitrogen and oxygen atoms in total. The van der Waals surface area contributed by atoms with Gasteiger partial charge in [0.2, 0.25) is 0 Å². The number of pyridine rings is 1. The number of hydrogen-bond acceptors (Lipinski definition) is 4. The lowest BCUT2D eigenvalue weighted by atomic mass is 10.2. The van der Waals surface area contributed by atoms with Crippen LogP contribution in [0, 0.1) is 0 Å². The fraction of sp³-hybridized carbons (Fsp3) is 0.250. The molecule has 0 bridgehead atoms. The Hall–Kier alpha value is -2.40. The van der Waals surface area contributed by atoms with Crippen molar-refractivity contribution in [2.24, 2.45) is 0 Å². The molecule has 1 aromatic heterocycles. The zero-order valence-corrected chi connectivity index (χ0v) is 11.6. The molecule has 108 valence electrons.